The molecular formula is C13H19N3O2. The van der Waals surface area contributed by atoms with Crippen molar-refractivity contribution in [1.29, 1.82) is 0 Å². The third kappa shape index (κ3) is 2.98. The van der Waals surface area contributed by atoms with Gasteiger partial charge in [-0.25, -0.2) is 0 Å². The SMILES string of the molecule is Cc1cc(C(=O)CN2CCNC(=O)CC2)c(C)[nH]1. The van der Waals surface area contributed by atoms with Gasteiger partial charge < -0.3 is 10.3 Å². The molecule has 0 aromatic carbocycles. The number of carbonyl (C=O) groups excluding carboxylic acids is 2. The second kappa shape index (κ2) is 5.35. The van der Waals surface area contributed by atoms with E-state index in [-0.39, 0.29) is 11.7 Å². The fraction of sp³-hybridized carbons (Fsp3) is 0.538. The minimum Gasteiger partial charge on any atom is -0.362 e. The fourth-order valence-corrected chi connectivity index (χ4v) is 2.27. The highest BCUT2D eigenvalue weighted by Gasteiger charge is 2.18. The highest BCUT2D eigenvalue weighted by molar-refractivity contribution is 5.98. The Labute approximate surface area is 107 Å². The first-order valence-corrected chi connectivity index (χ1v) is 6.24. The number of carbonyl (C=O) groups is 2. The van der Waals surface area contributed by atoms with Crippen molar-refractivity contribution in [3.8, 4) is 0 Å². The zero-order chi connectivity index (χ0) is 13.1. The summed E-state index contributed by atoms with van der Waals surface area (Å²) in [6.45, 7) is 6.25. The van der Waals surface area contributed by atoms with Crippen LogP contribution in [0.1, 0.15) is 28.2 Å². The molecule has 2 N–H and O–H groups in total. The van der Waals surface area contributed by atoms with Crippen LogP contribution in [-0.4, -0.2) is 47.8 Å². The number of nitrogens with one attached hydrogen (secondary N) is 2. The van der Waals surface area contributed by atoms with Crippen molar-refractivity contribution in [2.75, 3.05) is 26.2 Å². The first kappa shape index (κ1) is 12.8. The van der Waals surface area contributed by atoms with Gasteiger partial charge in [-0.15, -0.1) is 0 Å². The molecule has 0 saturated carbocycles. The van der Waals surface area contributed by atoms with E-state index < -0.39 is 0 Å². The van der Waals surface area contributed by atoms with Crippen molar-refractivity contribution in [1.82, 2.24) is 15.2 Å². The molecule has 1 aliphatic heterocycles. The predicted molar refractivity (Wildman–Crippen MR) is 68.7 cm³/mol. The van der Waals surface area contributed by atoms with Gasteiger partial charge in [-0.1, -0.05) is 0 Å². The van der Waals surface area contributed by atoms with Crippen LogP contribution in [0.15, 0.2) is 6.07 Å². The summed E-state index contributed by atoms with van der Waals surface area (Å²) in [5, 5.41) is 2.80. The molecule has 1 aliphatic rings. The van der Waals surface area contributed by atoms with Gasteiger partial charge in [0.2, 0.25) is 5.91 Å². The number of ketones is 1. The summed E-state index contributed by atoms with van der Waals surface area (Å²) in [5.74, 6) is 0.185. The Bertz CT molecular complexity index is 465. The van der Waals surface area contributed by atoms with Crippen LogP contribution in [0.3, 0.4) is 0 Å². The van der Waals surface area contributed by atoms with Gasteiger partial charge in [0.1, 0.15) is 0 Å². The van der Waals surface area contributed by atoms with Crippen LogP contribution in [0.2, 0.25) is 0 Å². The maximum absolute atomic E-state index is 12.2. The van der Waals surface area contributed by atoms with E-state index in [1.165, 1.54) is 0 Å². The lowest BCUT2D eigenvalue weighted by Gasteiger charge is -2.17. The summed E-state index contributed by atoms with van der Waals surface area (Å²) in [4.78, 5) is 28.6. The summed E-state index contributed by atoms with van der Waals surface area (Å²) in [6.07, 6.45) is 0.471. The number of hydrogen-bond acceptors (Lipinski definition) is 3. The summed E-state index contributed by atoms with van der Waals surface area (Å²) in [7, 11) is 0. The smallest absolute Gasteiger partial charge is 0.221 e. The van der Waals surface area contributed by atoms with Gasteiger partial charge in [-0.2, -0.15) is 0 Å². The summed E-state index contributed by atoms with van der Waals surface area (Å²) in [5.41, 5.74) is 2.68. The topological polar surface area (TPSA) is 65.2 Å². The molecule has 2 heterocycles. The van der Waals surface area contributed by atoms with Crippen LogP contribution >= 0.6 is 0 Å². The molecular weight excluding hydrogens is 230 g/mol. The van der Waals surface area contributed by atoms with Gasteiger partial charge in [-0.05, 0) is 19.9 Å². The Kier molecular flexibility index (Phi) is 3.81. The standard InChI is InChI=1S/C13H19N3O2/c1-9-7-11(10(2)15-9)12(17)8-16-5-3-13(18)14-4-6-16/h7,15H,3-6,8H2,1-2H3,(H,14,18). The molecule has 0 spiro atoms. The van der Waals surface area contributed by atoms with E-state index in [0.29, 0.717) is 26.1 Å². The van der Waals surface area contributed by atoms with E-state index in [1.807, 2.05) is 24.8 Å². The number of nitrogens with zero attached hydrogens (tertiary/aromatic N) is 1. The second-order valence-electron chi connectivity index (χ2n) is 4.79. The number of rotatable bonds is 3. The Hall–Kier alpha value is -1.62. The van der Waals surface area contributed by atoms with Crippen molar-refractivity contribution in [2.24, 2.45) is 0 Å². The predicted octanol–water partition coefficient (Wildman–Crippen LogP) is 0.636. The Morgan fingerprint density at radius 1 is 1.39 bits per heavy atom. The van der Waals surface area contributed by atoms with Crippen LogP contribution in [0.4, 0.5) is 0 Å². The molecule has 18 heavy (non-hydrogen) atoms. The van der Waals surface area contributed by atoms with Gasteiger partial charge in [0.15, 0.2) is 5.78 Å². The maximum atomic E-state index is 12.2. The largest absolute Gasteiger partial charge is 0.362 e. The lowest BCUT2D eigenvalue weighted by molar-refractivity contribution is -0.120. The monoisotopic (exact) mass is 249 g/mol. The molecule has 2 rings (SSSR count). The van der Waals surface area contributed by atoms with E-state index in [2.05, 4.69) is 10.3 Å². The molecule has 1 saturated heterocycles. The summed E-state index contributed by atoms with van der Waals surface area (Å²) < 4.78 is 0. The molecule has 1 amide bonds. The average molecular weight is 249 g/mol. The van der Waals surface area contributed by atoms with Crippen molar-refractivity contribution in [2.45, 2.75) is 20.3 Å². The number of hydrogen-bond donors (Lipinski definition) is 2. The minimum atomic E-state index is 0.0682. The highest BCUT2D eigenvalue weighted by Crippen LogP contribution is 2.11. The Morgan fingerprint density at radius 2 is 2.17 bits per heavy atom. The molecule has 1 aromatic heterocycles. The third-order valence-corrected chi connectivity index (χ3v) is 3.22. The van der Waals surface area contributed by atoms with E-state index in [4.69, 9.17) is 0 Å². The number of amides is 1. The molecule has 0 bridgehead atoms. The van der Waals surface area contributed by atoms with Crippen molar-refractivity contribution in [3.63, 3.8) is 0 Å². The van der Waals surface area contributed by atoms with Gasteiger partial charge in [0, 0.05) is 43.0 Å². The Morgan fingerprint density at radius 3 is 2.83 bits per heavy atom. The lowest BCUT2D eigenvalue weighted by atomic mass is 10.1. The van der Waals surface area contributed by atoms with E-state index in [0.717, 1.165) is 23.5 Å². The van der Waals surface area contributed by atoms with Gasteiger partial charge in [0.05, 0.1) is 6.54 Å². The normalized spacial score (nSPS) is 17.3. The van der Waals surface area contributed by atoms with E-state index >= 15 is 0 Å². The molecule has 0 atom stereocenters. The molecule has 1 fully saturated rings. The third-order valence-electron chi connectivity index (χ3n) is 3.22. The molecule has 98 valence electrons. The average Bonchev–Trinajstić information content (AvgIpc) is 2.51. The minimum absolute atomic E-state index is 0.0682. The van der Waals surface area contributed by atoms with Crippen molar-refractivity contribution >= 4 is 11.7 Å². The first-order valence-electron chi connectivity index (χ1n) is 6.24. The number of aromatic amines is 1. The molecule has 1 aromatic rings. The van der Waals surface area contributed by atoms with Crippen LogP contribution in [-0.2, 0) is 4.79 Å². The summed E-state index contributed by atoms with van der Waals surface area (Å²) >= 11 is 0. The zero-order valence-electron chi connectivity index (χ0n) is 10.9. The van der Waals surface area contributed by atoms with Crippen LogP contribution in [0, 0.1) is 13.8 Å². The number of H-pyrrole nitrogens is 1. The number of aromatic nitrogens is 1. The van der Waals surface area contributed by atoms with Crippen LogP contribution in [0.25, 0.3) is 0 Å². The molecule has 5 heteroatoms. The molecule has 0 unspecified atom stereocenters. The first-order chi connectivity index (χ1) is 8.56. The van der Waals surface area contributed by atoms with Gasteiger partial charge in [-0.3, -0.25) is 14.5 Å². The Balaban J connectivity index is 1.98. The van der Waals surface area contributed by atoms with Crippen LogP contribution in [0.5, 0.6) is 0 Å². The molecule has 0 radical (unpaired) electrons. The molecule has 0 aliphatic carbocycles. The van der Waals surface area contributed by atoms with E-state index in [9.17, 15) is 9.59 Å². The maximum Gasteiger partial charge on any atom is 0.221 e. The van der Waals surface area contributed by atoms with Gasteiger partial charge >= 0.3 is 0 Å². The number of aryl methyl sites for hydroxylation is 2. The van der Waals surface area contributed by atoms with Crippen molar-refractivity contribution in [3.05, 3.63) is 23.0 Å². The fourth-order valence-electron chi connectivity index (χ4n) is 2.27. The van der Waals surface area contributed by atoms with Crippen LogP contribution < -0.4 is 5.32 Å². The quantitative estimate of drug-likeness (QED) is 0.772. The highest BCUT2D eigenvalue weighted by atomic mass is 16.1. The van der Waals surface area contributed by atoms with E-state index in [1.54, 1.807) is 0 Å². The summed E-state index contributed by atoms with van der Waals surface area (Å²) in [6, 6.07) is 1.89. The number of Topliss-reactive ketones (excluding diaryl/α,β-unsaturated/α-hetero) is 1. The van der Waals surface area contributed by atoms with Crippen molar-refractivity contribution < 1.29 is 9.59 Å². The van der Waals surface area contributed by atoms with Gasteiger partial charge in [0.25, 0.3) is 0 Å². The zero-order valence-corrected chi connectivity index (χ0v) is 10.9. The molecule has 5 nitrogen and oxygen atoms in total. The second-order valence-corrected chi connectivity index (χ2v) is 4.79. The lowest BCUT2D eigenvalue weighted by Crippen LogP contribution is -2.33.